The third-order valence-electron chi connectivity index (χ3n) is 3.87. The van der Waals surface area contributed by atoms with E-state index in [2.05, 4.69) is 14.9 Å². The first-order chi connectivity index (χ1) is 10.1. The summed E-state index contributed by atoms with van der Waals surface area (Å²) >= 11 is 0. The maximum Gasteiger partial charge on any atom is 0.251 e. The smallest absolute Gasteiger partial charge is 0.251 e. The minimum atomic E-state index is -0.199. The molecule has 2 aromatic rings. The minimum Gasteiger partial charge on any atom is -0.311 e. The van der Waals surface area contributed by atoms with E-state index in [0.717, 1.165) is 37.3 Å². The number of aromatic nitrogens is 2. The van der Waals surface area contributed by atoms with Crippen LogP contribution in [0.5, 0.6) is 0 Å². The fraction of sp³-hybridized carbons (Fsp3) is 0.375. The molecular weight excluding hydrogens is 269 g/mol. The number of rotatable bonds is 3. The second-order valence-electron chi connectivity index (χ2n) is 5.61. The maximum absolute atomic E-state index is 13.2. The monoisotopic (exact) mass is 287 g/mol. The van der Waals surface area contributed by atoms with Gasteiger partial charge < -0.3 is 4.98 Å². The largest absolute Gasteiger partial charge is 0.311 e. The molecule has 0 aliphatic carbocycles. The van der Waals surface area contributed by atoms with Gasteiger partial charge in [0.2, 0.25) is 0 Å². The van der Waals surface area contributed by atoms with E-state index < -0.39 is 0 Å². The maximum atomic E-state index is 13.2. The number of halogens is 1. The van der Waals surface area contributed by atoms with E-state index in [1.165, 1.54) is 6.07 Å². The molecule has 4 nitrogen and oxygen atoms in total. The summed E-state index contributed by atoms with van der Waals surface area (Å²) < 4.78 is 13.2. The molecule has 1 atom stereocenters. The van der Waals surface area contributed by atoms with Crippen LogP contribution in [-0.2, 0) is 6.54 Å². The van der Waals surface area contributed by atoms with Crippen LogP contribution in [0, 0.1) is 12.7 Å². The SMILES string of the molecule is Cc1nc(C2CCN(Cc3cccc(F)c3)C2)cc(=O)[nH]1. The Morgan fingerprint density at radius 1 is 1.43 bits per heavy atom. The van der Waals surface area contributed by atoms with Gasteiger partial charge in [-0.05, 0) is 37.6 Å². The van der Waals surface area contributed by atoms with Crippen LogP contribution < -0.4 is 5.56 Å². The summed E-state index contributed by atoms with van der Waals surface area (Å²) in [5, 5.41) is 0. The molecule has 2 heterocycles. The highest BCUT2D eigenvalue weighted by Gasteiger charge is 2.25. The van der Waals surface area contributed by atoms with E-state index in [0.29, 0.717) is 5.82 Å². The summed E-state index contributed by atoms with van der Waals surface area (Å²) in [6, 6.07) is 8.29. The van der Waals surface area contributed by atoms with Gasteiger partial charge in [-0.15, -0.1) is 0 Å². The number of nitrogens with zero attached hydrogens (tertiary/aromatic N) is 2. The van der Waals surface area contributed by atoms with Crippen molar-refractivity contribution in [3.05, 3.63) is 63.6 Å². The Kier molecular flexibility index (Phi) is 3.84. The lowest BCUT2D eigenvalue weighted by atomic mass is 10.0. The number of benzene rings is 1. The van der Waals surface area contributed by atoms with Gasteiger partial charge in [0.15, 0.2) is 0 Å². The zero-order valence-corrected chi connectivity index (χ0v) is 12.0. The molecule has 1 fully saturated rings. The number of nitrogens with one attached hydrogen (secondary N) is 1. The highest BCUT2D eigenvalue weighted by atomic mass is 19.1. The van der Waals surface area contributed by atoms with Crippen molar-refractivity contribution >= 4 is 0 Å². The molecule has 1 N–H and O–H groups in total. The van der Waals surface area contributed by atoms with E-state index >= 15 is 0 Å². The summed E-state index contributed by atoms with van der Waals surface area (Å²) in [5.74, 6) is 0.732. The number of H-pyrrole nitrogens is 1. The molecule has 21 heavy (non-hydrogen) atoms. The fourth-order valence-corrected chi connectivity index (χ4v) is 2.92. The van der Waals surface area contributed by atoms with Crippen LogP contribution in [0.1, 0.15) is 29.4 Å². The quantitative estimate of drug-likeness (QED) is 0.941. The van der Waals surface area contributed by atoms with Crippen LogP contribution in [0.3, 0.4) is 0 Å². The second kappa shape index (κ2) is 5.77. The first-order valence-corrected chi connectivity index (χ1v) is 7.15. The molecule has 0 bridgehead atoms. The fourth-order valence-electron chi connectivity index (χ4n) is 2.92. The van der Waals surface area contributed by atoms with Gasteiger partial charge in [-0.1, -0.05) is 12.1 Å². The predicted molar refractivity (Wildman–Crippen MR) is 78.6 cm³/mol. The van der Waals surface area contributed by atoms with Gasteiger partial charge in [-0.2, -0.15) is 0 Å². The zero-order chi connectivity index (χ0) is 14.8. The summed E-state index contributed by atoms with van der Waals surface area (Å²) in [6.45, 7) is 4.32. The Hall–Kier alpha value is -2.01. The number of hydrogen-bond acceptors (Lipinski definition) is 3. The molecule has 0 radical (unpaired) electrons. The topological polar surface area (TPSA) is 49.0 Å². The van der Waals surface area contributed by atoms with E-state index in [1.807, 2.05) is 6.07 Å². The van der Waals surface area contributed by atoms with Crippen molar-refractivity contribution in [1.29, 1.82) is 0 Å². The van der Waals surface area contributed by atoms with Gasteiger partial charge in [0.25, 0.3) is 5.56 Å². The van der Waals surface area contributed by atoms with Crippen LogP contribution in [0.4, 0.5) is 4.39 Å². The summed E-state index contributed by atoms with van der Waals surface area (Å²) in [6.07, 6.45) is 0.977. The third-order valence-corrected chi connectivity index (χ3v) is 3.87. The van der Waals surface area contributed by atoms with Crippen molar-refractivity contribution in [1.82, 2.24) is 14.9 Å². The molecular formula is C16H18FN3O. The van der Waals surface area contributed by atoms with Crippen molar-refractivity contribution in [2.24, 2.45) is 0 Å². The van der Waals surface area contributed by atoms with Gasteiger partial charge in [0, 0.05) is 25.1 Å². The van der Waals surface area contributed by atoms with E-state index in [4.69, 9.17) is 0 Å². The van der Waals surface area contributed by atoms with Crippen molar-refractivity contribution in [3.8, 4) is 0 Å². The van der Waals surface area contributed by atoms with E-state index in [9.17, 15) is 9.18 Å². The predicted octanol–water partition coefficient (Wildman–Crippen LogP) is 2.21. The average Bonchev–Trinajstić information content (AvgIpc) is 2.86. The van der Waals surface area contributed by atoms with E-state index in [-0.39, 0.29) is 17.3 Å². The number of aromatic amines is 1. The Morgan fingerprint density at radius 3 is 3.05 bits per heavy atom. The Labute approximate surface area is 122 Å². The second-order valence-corrected chi connectivity index (χ2v) is 5.61. The van der Waals surface area contributed by atoms with Gasteiger partial charge in [0.05, 0.1) is 5.69 Å². The molecule has 1 unspecified atom stereocenters. The van der Waals surface area contributed by atoms with Crippen molar-refractivity contribution in [2.45, 2.75) is 25.8 Å². The summed E-state index contributed by atoms with van der Waals surface area (Å²) in [7, 11) is 0. The van der Waals surface area contributed by atoms with Crippen molar-refractivity contribution in [2.75, 3.05) is 13.1 Å². The molecule has 1 aliphatic rings. The van der Waals surface area contributed by atoms with Gasteiger partial charge in [-0.25, -0.2) is 9.37 Å². The highest BCUT2D eigenvalue weighted by molar-refractivity contribution is 5.17. The third kappa shape index (κ3) is 3.36. The number of likely N-dealkylation sites (tertiary alicyclic amines) is 1. The van der Waals surface area contributed by atoms with Crippen molar-refractivity contribution < 1.29 is 4.39 Å². The van der Waals surface area contributed by atoms with Crippen LogP contribution in [0.15, 0.2) is 35.1 Å². The van der Waals surface area contributed by atoms with Gasteiger partial charge in [-0.3, -0.25) is 9.69 Å². The molecule has 5 heteroatoms. The van der Waals surface area contributed by atoms with Gasteiger partial charge >= 0.3 is 0 Å². The lowest BCUT2D eigenvalue weighted by Crippen LogP contribution is -2.20. The molecule has 1 aliphatic heterocycles. The minimum absolute atomic E-state index is 0.0962. The molecule has 1 aromatic carbocycles. The lowest BCUT2D eigenvalue weighted by molar-refractivity contribution is 0.325. The summed E-state index contributed by atoms with van der Waals surface area (Å²) in [4.78, 5) is 20.9. The molecule has 0 spiro atoms. The van der Waals surface area contributed by atoms with Crippen LogP contribution in [0.25, 0.3) is 0 Å². The highest BCUT2D eigenvalue weighted by Crippen LogP contribution is 2.26. The molecule has 0 amide bonds. The Morgan fingerprint density at radius 2 is 2.29 bits per heavy atom. The van der Waals surface area contributed by atoms with Crippen LogP contribution >= 0.6 is 0 Å². The van der Waals surface area contributed by atoms with Crippen molar-refractivity contribution in [3.63, 3.8) is 0 Å². The summed E-state index contributed by atoms with van der Waals surface area (Å²) in [5.41, 5.74) is 1.74. The van der Waals surface area contributed by atoms with Crippen LogP contribution in [-0.4, -0.2) is 28.0 Å². The number of aryl methyl sites for hydroxylation is 1. The lowest BCUT2D eigenvalue weighted by Gasteiger charge is -2.16. The molecule has 1 saturated heterocycles. The molecule has 0 saturated carbocycles. The molecule has 1 aromatic heterocycles. The Balaban J connectivity index is 1.69. The molecule has 110 valence electrons. The normalized spacial score (nSPS) is 19.0. The molecule has 3 rings (SSSR count). The number of hydrogen-bond donors (Lipinski definition) is 1. The van der Waals surface area contributed by atoms with Gasteiger partial charge in [0.1, 0.15) is 11.6 Å². The standard InChI is InChI=1S/C16H18FN3O/c1-11-18-15(8-16(21)19-11)13-5-6-20(10-13)9-12-3-2-4-14(17)7-12/h2-4,7-8,13H,5-6,9-10H2,1H3,(H,18,19,21). The van der Waals surface area contributed by atoms with Crippen LogP contribution in [0.2, 0.25) is 0 Å². The zero-order valence-electron chi connectivity index (χ0n) is 12.0. The average molecular weight is 287 g/mol. The Bertz CT molecular complexity index is 698. The van der Waals surface area contributed by atoms with E-state index in [1.54, 1.807) is 25.1 Å². The first kappa shape index (κ1) is 13.9. The first-order valence-electron chi connectivity index (χ1n) is 7.15.